The maximum atomic E-state index is 13.1. The van der Waals surface area contributed by atoms with Crippen LogP contribution in [0.2, 0.25) is 0 Å². The standard InChI is InChI=1S/C14H16FN3OS/c15-11-6-5-9(7-12(11)16)14-17-13(18-19-14)8-20-10-3-1-2-4-10/h5-7,10H,1-4,8,16H2. The summed E-state index contributed by atoms with van der Waals surface area (Å²) in [5, 5.41) is 4.68. The molecule has 4 nitrogen and oxygen atoms in total. The Morgan fingerprint density at radius 3 is 2.90 bits per heavy atom. The van der Waals surface area contributed by atoms with Gasteiger partial charge in [-0.15, -0.1) is 0 Å². The summed E-state index contributed by atoms with van der Waals surface area (Å²) in [6.07, 6.45) is 5.21. The number of hydrogen-bond acceptors (Lipinski definition) is 5. The van der Waals surface area contributed by atoms with Gasteiger partial charge in [0.05, 0.1) is 11.4 Å². The van der Waals surface area contributed by atoms with Crippen molar-refractivity contribution in [3.63, 3.8) is 0 Å². The van der Waals surface area contributed by atoms with Gasteiger partial charge in [0, 0.05) is 10.8 Å². The molecule has 20 heavy (non-hydrogen) atoms. The van der Waals surface area contributed by atoms with Crippen LogP contribution < -0.4 is 5.73 Å². The Balaban J connectivity index is 1.67. The van der Waals surface area contributed by atoms with Gasteiger partial charge in [0.1, 0.15) is 5.82 Å². The molecule has 1 heterocycles. The summed E-state index contributed by atoms with van der Waals surface area (Å²) < 4.78 is 18.3. The number of hydrogen-bond donors (Lipinski definition) is 1. The van der Waals surface area contributed by atoms with E-state index in [1.54, 1.807) is 6.07 Å². The van der Waals surface area contributed by atoms with Gasteiger partial charge in [-0.1, -0.05) is 18.0 Å². The van der Waals surface area contributed by atoms with E-state index in [0.29, 0.717) is 17.3 Å². The lowest BCUT2D eigenvalue weighted by Gasteiger charge is -2.04. The van der Waals surface area contributed by atoms with Gasteiger partial charge in [-0.25, -0.2) is 4.39 Å². The van der Waals surface area contributed by atoms with E-state index >= 15 is 0 Å². The minimum atomic E-state index is -0.440. The van der Waals surface area contributed by atoms with Crippen LogP contribution in [0.5, 0.6) is 0 Å². The van der Waals surface area contributed by atoms with E-state index in [4.69, 9.17) is 10.3 Å². The van der Waals surface area contributed by atoms with Gasteiger partial charge >= 0.3 is 0 Å². The molecule has 0 amide bonds. The molecule has 6 heteroatoms. The molecule has 2 N–H and O–H groups in total. The fourth-order valence-corrected chi connectivity index (χ4v) is 3.52. The molecule has 1 aliphatic rings. The molecule has 0 saturated heterocycles. The van der Waals surface area contributed by atoms with Gasteiger partial charge in [-0.3, -0.25) is 0 Å². The van der Waals surface area contributed by atoms with E-state index in [1.807, 2.05) is 11.8 Å². The number of benzene rings is 1. The zero-order chi connectivity index (χ0) is 13.9. The van der Waals surface area contributed by atoms with Crippen LogP contribution in [0, 0.1) is 5.82 Å². The average Bonchev–Trinajstić information content (AvgIpc) is 3.10. The number of nitrogen functional groups attached to an aromatic ring is 1. The van der Waals surface area contributed by atoms with Gasteiger partial charge in [0.15, 0.2) is 5.82 Å². The van der Waals surface area contributed by atoms with Gasteiger partial charge in [0.25, 0.3) is 5.89 Å². The highest BCUT2D eigenvalue weighted by Gasteiger charge is 2.17. The number of nitrogens with two attached hydrogens (primary N) is 1. The first kappa shape index (κ1) is 13.4. The molecule has 0 bridgehead atoms. The summed E-state index contributed by atoms with van der Waals surface area (Å²) in [7, 11) is 0. The van der Waals surface area contributed by atoms with E-state index in [1.165, 1.54) is 37.8 Å². The highest BCUT2D eigenvalue weighted by molar-refractivity contribution is 7.99. The third-order valence-electron chi connectivity index (χ3n) is 3.46. The third-order valence-corrected chi connectivity index (χ3v) is 4.83. The number of nitrogens with zero attached hydrogens (tertiary/aromatic N) is 2. The van der Waals surface area contributed by atoms with Crippen molar-refractivity contribution >= 4 is 17.4 Å². The van der Waals surface area contributed by atoms with E-state index in [9.17, 15) is 4.39 Å². The Bertz CT molecular complexity index is 596. The molecule has 106 valence electrons. The summed E-state index contributed by atoms with van der Waals surface area (Å²) in [5.41, 5.74) is 6.27. The molecular weight excluding hydrogens is 277 g/mol. The van der Waals surface area contributed by atoms with Crippen molar-refractivity contribution in [1.29, 1.82) is 0 Å². The minimum Gasteiger partial charge on any atom is -0.396 e. The number of anilines is 1. The molecule has 1 aromatic carbocycles. The maximum absolute atomic E-state index is 13.1. The average molecular weight is 293 g/mol. The number of halogens is 1. The van der Waals surface area contributed by atoms with Crippen LogP contribution in [0.3, 0.4) is 0 Å². The summed E-state index contributed by atoms with van der Waals surface area (Å²) in [6, 6.07) is 4.41. The second-order valence-corrected chi connectivity index (χ2v) is 6.26. The van der Waals surface area contributed by atoms with Gasteiger partial charge < -0.3 is 10.3 Å². The zero-order valence-corrected chi connectivity index (χ0v) is 11.8. The second-order valence-electron chi connectivity index (χ2n) is 4.97. The lowest BCUT2D eigenvalue weighted by atomic mass is 10.2. The molecule has 0 spiro atoms. The molecule has 0 aliphatic heterocycles. The predicted octanol–water partition coefficient (Wildman–Crippen LogP) is 3.63. The van der Waals surface area contributed by atoms with Crippen LogP contribution in [-0.4, -0.2) is 15.4 Å². The monoisotopic (exact) mass is 293 g/mol. The van der Waals surface area contributed by atoms with Crippen molar-refractivity contribution in [2.75, 3.05) is 5.73 Å². The largest absolute Gasteiger partial charge is 0.396 e. The van der Waals surface area contributed by atoms with Gasteiger partial charge in [-0.2, -0.15) is 16.7 Å². The van der Waals surface area contributed by atoms with Crippen LogP contribution >= 0.6 is 11.8 Å². The van der Waals surface area contributed by atoms with Crippen molar-refractivity contribution in [2.24, 2.45) is 0 Å². The van der Waals surface area contributed by atoms with Crippen LogP contribution in [0.4, 0.5) is 10.1 Å². The van der Waals surface area contributed by atoms with Crippen molar-refractivity contribution in [3.8, 4) is 11.5 Å². The summed E-state index contributed by atoms with van der Waals surface area (Å²) in [4.78, 5) is 4.34. The Morgan fingerprint density at radius 2 is 2.15 bits per heavy atom. The highest BCUT2D eigenvalue weighted by atomic mass is 32.2. The van der Waals surface area contributed by atoms with E-state index in [2.05, 4.69) is 10.1 Å². The fourth-order valence-electron chi connectivity index (χ4n) is 2.35. The topological polar surface area (TPSA) is 64.9 Å². The Morgan fingerprint density at radius 1 is 1.35 bits per heavy atom. The normalized spacial score (nSPS) is 15.8. The highest BCUT2D eigenvalue weighted by Crippen LogP contribution is 2.31. The molecule has 0 unspecified atom stereocenters. The molecule has 2 aromatic rings. The van der Waals surface area contributed by atoms with Crippen molar-refractivity contribution in [2.45, 2.75) is 36.7 Å². The lowest BCUT2D eigenvalue weighted by Crippen LogP contribution is -1.96. The second kappa shape index (κ2) is 5.83. The van der Waals surface area contributed by atoms with Gasteiger partial charge in [0.2, 0.25) is 0 Å². The zero-order valence-electron chi connectivity index (χ0n) is 11.0. The quantitative estimate of drug-likeness (QED) is 0.872. The van der Waals surface area contributed by atoms with Crippen LogP contribution in [0.25, 0.3) is 11.5 Å². The maximum Gasteiger partial charge on any atom is 0.258 e. The van der Waals surface area contributed by atoms with E-state index in [0.717, 1.165) is 11.0 Å². The summed E-state index contributed by atoms with van der Waals surface area (Å²) in [6.45, 7) is 0. The summed E-state index contributed by atoms with van der Waals surface area (Å²) in [5.74, 6) is 1.38. The van der Waals surface area contributed by atoms with Crippen LogP contribution in [0.15, 0.2) is 22.7 Å². The number of thioether (sulfide) groups is 1. The Kier molecular flexibility index (Phi) is 3.91. The van der Waals surface area contributed by atoms with E-state index < -0.39 is 5.82 Å². The number of rotatable bonds is 4. The molecule has 0 radical (unpaired) electrons. The number of aromatic nitrogens is 2. The molecule has 1 aromatic heterocycles. The Labute approximate surface area is 120 Å². The molecule has 1 saturated carbocycles. The van der Waals surface area contributed by atoms with Crippen LogP contribution in [0.1, 0.15) is 31.5 Å². The predicted molar refractivity (Wildman–Crippen MR) is 77.7 cm³/mol. The first-order valence-corrected chi connectivity index (χ1v) is 7.77. The molecule has 1 fully saturated rings. The molecule has 1 aliphatic carbocycles. The van der Waals surface area contributed by atoms with Crippen molar-refractivity contribution < 1.29 is 8.91 Å². The summed E-state index contributed by atoms with van der Waals surface area (Å²) >= 11 is 1.88. The third kappa shape index (κ3) is 2.95. The van der Waals surface area contributed by atoms with Crippen LogP contribution in [-0.2, 0) is 5.75 Å². The van der Waals surface area contributed by atoms with E-state index in [-0.39, 0.29) is 5.69 Å². The lowest BCUT2D eigenvalue weighted by molar-refractivity contribution is 0.425. The van der Waals surface area contributed by atoms with Crippen molar-refractivity contribution in [1.82, 2.24) is 10.1 Å². The molecule has 0 atom stereocenters. The molecule has 3 rings (SSSR count). The first-order valence-electron chi connectivity index (χ1n) is 6.72. The SMILES string of the molecule is Nc1cc(-c2nc(CSC3CCCC3)no2)ccc1F. The minimum absolute atomic E-state index is 0.0857. The first-order chi connectivity index (χ1) is 9.72. The Hall–Kier alpha value is -1.56. The smallest absolute Gasteiger partial charge is 0.258 e. The fraction of sp³-hybridized carbons (Fsp3) is 0.429. The molecular formula is C14H16FN3OS. The van der Waals surface area contributed by atoms with Gasteiger partial charge in [-0.05, 0) is 31.0 Å². The van der Waals surface area contributed by atoms with Crippen molar-refractivity contribution in [3.05, 3.63) is 29.8 Å².